The average Bonchev–Trinajstić information content (AvgIpc) is 2.88. The molecule has 0 radical (unpaired) electrons. The largest absolute Gasteiger partial charge is 0.443 e. The summed E-state index contributed by atoms with van der Waals surface area (Å²) in [6.45, 7) is 0.415. The van der Waals surface area contributed by atoms with Gasteiger partial charge >= 0.3 is 0 Å². The zero-order chi connectivity index (χ0) is 12.7. The van der Waals surface area contributed by atoms with Crippen LogP contribution in [-0.4, -0.2) is 17.8 Å². The summed E-state index contributed by atoms with van der Waals surface area (Å²) in [5.41, 5.74) is 1.15. The van der Waals surface area contributed by atoms with Crippen LogP contribution in [0.4, 0.5) is 5.69 Å². The summed E-state index contributed by atoms with van der Waals surface area (Å²) in [4.78, 5) is 13.4. The van der Waals surface area contributed by atoms with Crippen molar-refractivity contribution in [2.75, 3.05) is 11.4 Å². The van der Waals surface area contributed by atoms with Crippen LogP contribution < -0.4 is 4.90 Å². The van der Waals surface area contributed by atoms with Crippen molar-refractivity contribution in [1.29, 1.82) is 5.26 Å². The number of nitrogens with zero attached hydrogens (tertiary/aromatic N) is 2. The Labute approximate surface area is 108 Å². The van der Waals surface area contributed by atoms with E-state index in [-0.39, 0.29) is 17.0 Å². The highest BCUT2D eigenvalue weighted by Crippen LogP contribution is 2.36. The van der Waals surface area contributed by atoms with Crippen molar-refractivity contribution in [1.82, 2.24) is 0 Å². The molecular formula is C13H9ClN2O2. The Bertz CT molecular complexity index is 671. The van der Waals surface area contributed by atoms with E-state index in [2.05, 4.69) is 0 Å². The molecular weight excluding hydrogens is 252 g/mol. The van der Waals surface area contributed by atoms with Crippen LogP contribution >= 0.6 is 11.6 Å². The van der Waals surface area contributed by atoms with Crippen LogP contribution in [0.3, 0.4) is 0 Å². The molecule has 90 valence electrons. The Morgan fingerprint density at radius 3 is 2.89 bits per heavy atom. The zero-order valence-electron chi connectivity index (χ0n) is 9.39. The molecule has 2 heterocycles. The number of alkyl halides is 1. The molecule has 4 nitrogen and oxygen atoms in total. The second-order valence-electron chi connectivity index (χ2n) is 4.19. The van der Waals surface area contributed by atoms with Crippen molar-refractivity contribution in [2.24, 2.45) is 0 Å². The highest BCUT2D eigenvalue weighted by Gasteiger charge is 2.33. The van der Waals surface area contributed by atoms with Gasteiger partial charge in [0.15, 0.2) is 0 Å². The highest BCUT2D eigenvalue weighted by molar-refractivity contribution is 6.24. The summed E-state index contributed by atoms with van der Waals surface area (Å²) in [6.07, 6.45) is 0.298. The summed E-state index contributed by atoms with van der Waals surface area (Å²) >= 11 is 5.99. The molecule has 0 aliphatic carbocycles. The minimum absolute atomic E-state index is 0.0712. The van der Waals surface area contributed by atoms with E-state index in [1.807, 2.05) is 24.3 Å². The lowest BCUT2D eigenvalue weighted by atomic mass is 10.2. The normalized spacial score (nSPS) is 19.4. The predicted octanol–water partition coefficient (Wildman–Crippen LogP) is 2.65. The van der Waals surface area contributed by atoms with E-state index in [9.17, 15) is 4.79 Å². The Balaban J connectivity index is 2.22. The van der Waals surface area contributed by atoms with Crippen molar-refractivity contribution in [3.05, 3.63) is 30.0 Å². The number of furan rings is 1. The van der Waals surface area contributed by atoms with Gasteiger partial charge in [-0.05, 0) is 12.1 Å². The molecule has 1 aliphatic heterocycles. The van der Waals surface area contributed by atoms with Crippen LogP contribution in [0.5, 0.6) is 0 Å². The van der Waals surface area contributed by atoms with Gasteiger partial charge in [0.1, 0.15) is 17.3 Å². The highest BCUT2D eigenvalue weighted by atomic mass is 35.5. The maximum absolute atomic E-state index is 11.9. The van der Waals surface area contributed by atoms with Crippen molar-refractivity contribution >= 4 is 34.2 Å². The lowest BCUT2D eigenvalue weighted by molar-refractivity contribution is -0.117. The summed E-state index contributed by atoms with van der Waals surface area (Å²) < 4.78 is 5.45. The van der Waals surface area contributed by atoms with Crippen molar-refractivity contribution in [3.63, 3.8) is 0 Å². The second-order valence-corrected chi connectivity index (χ2v) is 4.81. The number of halogens is 1. The number of nitriles is 1. The Kier molecular flexibility index (Phi) is 2.49. The van der Waals surface area contributed by atoms with Crippen molar-refractivity contribution in [3.8, 4) is 6.07 Å². The smallest absolute Gasteiger partial charge is 0.228 e. The van der Waals surface area contributed by atoms with E-state index in [1.54, 1.807) is 11.0 Å². The molecule has 0 bridgehead atoms. The minimum Gasteiger partial charge on any atom is -0.443 e. The number of carbonyl (C=O) groups is 1. The molecule has 1 atom stereocenters. The first-order valence-corrected chi connectivity index (χ1v) is 6.00. The maximum Gasteiger partial charge on any atom is 0.228 e. The number of benzene rings is 1. The van der Waals surface area contributed by atoms with Crippen LogP contribution in [0.25, 0.3) is 11.0 Å². The topological polar surface area (TPSA) is 57.2 Å². The van der Waals surface area contributed by atoms with Gasteiger partial charge in [-0.3, -0.25) is 4.79 Å². The molecule has 1 amide bonds. The Morgan fingerprint density at radius 1 is 1.44 bits per heavy atom. The number of amides is 1. The lowest BCUT2D eigenvalue weighted by Gasteiger charge is -2.14. The zero-order valence-corrected chi connectivity index (χ0v) is 10.1. The first-order chi connectivity index (χ1) is 8.70. The number of rotatable bonds is 1. The van der Waals surface area contributed by atoms with Crippen LogP contribution in [0.1, 0.15) is 12.2 Å². The third kappa shape index (κ3) is 1.56. The molecule has 1 aromatic heterocycles. The number of carbonyl (C=O) groups excluding carboxylic acids is 1. The van der Waals surface area contributed by atoms with Crippen LogP contribution in [0.2, 0.25) is 0 Å². The van der Waals surface area contributed by atoms with Gasteiger partial charge in [0.05, 0.1) is 5.38 Å². The van der Waals surface area contributed by atoms with Gasteiger partial charge in [-0.25, -0.2) is 0 Å². The van der Waals surface area contributed by atoms with E-state index in [0.717, 1.165) is 5.39 Å². The van der Waals surface area contributed by atoms with E-state index in [0.29, 0.717) is 24.2 Å². The third-order valence-corrected chi connectivity index (χ3v) is 3.31. The fourth-order valence-electron chi connectivity index (χ4n) is 2.26. The molecule has 1 aromatic carbocycles. The molecule has 5 heteroatoms. The molecule has 1 aliphatic rings. The van der Waals surface area contributed by atoms with Gasteiger partial charge in [-0.2, -0.15) is 5.26 Å². The average molecular weight is 261 g/mol. The summed E-state index contributed by atoms with van der Waals surface area (Å²) in [5.74, 6) is 0.0911. The lowest BCUT2D eigenvalue weighted by Crippen LogP contribution is -2.25. The van der Waals surface area contributed by atoms with Gasteiger partial charge in [0.2, 0.25) is 11.7 Å². The molecule has 1 unspecified atom stereocenters. The van der Waals surface area contributed by atoms with Gasteiger partial charge < -0.3 is 9.32 Å². The van der Waals surface area contributed by atoms with Crippen LogP contribution in [-0.2, 0) is 4.79 Å². The second kappa shape index (κ2) is 4.04. The number of fused-ring (bicyclic) bond motifs is 1. The van der Waals surface area contributed by atoms with Crippen LogP contribution in [0.15, 0.2) is 28.7 Å². The fourth-order valence-corrected chi connectivity index (χ4v) is 2.53. The minimum atomic E-state index is -0.210. The Hall–Kier alpha value is -1.99. The van der Waals surface area contributed by atoms with Crippen LogP contribution in [0, 0.1) is 11.3 Å². The predicted molar refractivity (Wildman–Crippen MR) is 67.5 cm³/mol. The van der Waals surface area contributed by atoms with E-state index in [1.165, 1.54) is 0 Å². The number of anilines is 1. The summed E-state index contributed by atoms with van der Waals surface area (Å²) in [5, 5.41) is 9.68. The van der Waals surface area contributed by atoms with Gasteiger partial charge in [-0.15, -0.1) is 11.6 Å². The Morgan fingerprint density at radius 2 is 2.22 bits per heavy atom. The van der Waals surface area contributed by atoms with E-state index >= 15 is 0 Å². The van der Waals surface area contributed by atoms with Crippen molar-refractivity contribution < 1.29 is 9.21 Å². The number of para-hydroxylation sites is 1. The molecule has 0 spiro atoms. The fraction of sp³-hybridized carbons (Fsp3) is 0.231. The third-order valence-electron chi connectivity index (χ3n) is 3.02. The quantitative estimate of drug-likeness (QED) is 0.741. The summed E-state index contributed by atoms with van der Waals surface area (Å²) in [6, 6.07) is 9.28. The standard InChI is InChI=1S/C13H9ClN2O2/c14-8-5-12(17)16(7-8)13-9-3-1-2-4-10(9)18-11(13)6-15/h1-4,8H,5,7H2. The maximum atomic E-state index is 11.9. The number of hydrogen-bond donors (Lipinski definition) is 0. The molecule has 1 saturated heterocycles. The van der Waals surface area contributed by atoms with E-state index in [4.69, 9.17) is 21.3 Å². The first-order valence-electron chi connectivity index (χ1n) is 5.57. The monoisotopic (exact) mass is 260 g/mol. The molecule has 2 aromatic rings. The van der Waals surface area contributed by atoms with Gasteiger partial charge in [-0.1, -0.05) is 12.1 Å². The summed E-state index contributed by atoms with van der Waals surface area (Å²) in [7, 11) is 0. The SMILES string of the molecule is N#Cc1oc2ccccc2c1N1CC(Cl)CC1=O. The van der Waals surface area contributed by atoms with Gasteiger partial charge in [0.25, 0.3) is 0 Å². The molecule has 1 fully saturated rings. The molecule has 18 heavy (non-hydrogen) atoms. The van der Waals surface area contributed by atoms with Gasteiger partial charge in [0, 0.05) is 18.4 Å². The van der Waals surface area contributed by atoms with Crippen molar-refractivity contribution in [2.45, 2.75) is 11.8 Å². The molecule has 3 rings (SSSR count). The van der Waals surface area contributed by atoms with E-state index < -0.39 is 0 Å². The molecule has 0 saturated carbocycles. The first kappa shape index (κ1) is 11.1. The molecule has 0 N–H and O–H groups in total. The number of hydrogen-bond acceptors (Lipinski definition) is 3.